The third-order valence-corrected chi connectivity index (χ3v) is 2.91. The molecule has 0 fully saturated rings. The summed E-state index contributed by atoms with van der Waals surface area (Å²) in [6, 6.07) is 2.62. The number of ketones is 1. The number of thioether (sulfide) groups is 1. The fourth-order valence-electron chi connectivity index (χ4n) is 1.31. The number of benzene rings is 1. The molecule has 18 heavy (non-hydrogen) atoms. The third-order valence-electron chi connectivity index (χ3n) is 2.10. The number of carbonyl (C=O) groups is 1. The van der Waals surface area contributed by atoms with Crippen LogP contribution >= 0.6 is 11.8 Å². The molecule has 0 atom stereocenters. The molecule has 0 aliphatic rings. The van der Waals surface area contributed by atoms with Gasteiger partial charge in [-0.3, -0.25) is 4.79 Å². The molecule has 100 valence electrons. The Hall–Kier alpha value is -1.11. The first-order chi connectivity index (χ1) is 8.24. The summed E-state index contributed by atoms with van der Waals surface area (Å²) in [4.78, 5) is 11.1. The number of carbonyl (C=O) groups excluding carboxylic acids is 1. The topological polar surface area (TPSA) is 17.1 Å². The Kier molecular flexibility index (Phi) is 4.72. The van der Waals surface area contributed by atoms with Crippen molar-refractivity contribution < 1.29 is 26.7 Å². The number of alkyl halides is 5. The van der Waals surface area contributed by atoms with Crippen molar-refractivity contribution in [3.63, 3.8) is 0 Å². The Morgan fingerprint density at radius 2 is 1.94 bits per heavy atom. The van der Waals surface area contributed by atoms with Crippen molar-refractivity contribution >= 4 is 17.5 Å². The predicted octanol–water partition coefficient (Wildman–Crippen LogP) is 4.83. The van der Waals surface area contributed by atoms with Gasteiger partial charge in [0.05, 0.1) is 0 Å². The van der Waals surface area contributed by atoms with E-state index in [0.717, 1.165) is 18.2 Å². The van der Waals surface area contributed by atoms with Crippen LogP contribution in [-0.2, 0) is 0 Å². The van der Waals surface area contributed by atoms with E-state index in [1.807, 2.05) is 0 Å². The van der Waals surface area contributed by atoms with Crippen molar-refractivity contribution in [2.75, 3.05) is 0 Å². The van der Waals surface area contributed by atoms with Crippen molar-refractivity contribution in [2.45, 2.75) is 30.2 Å². The van der Waals surface area contributed by atoms with Crippen LogP contribution in [0.3, 0.4) is 0 Å². The Bertz CT molecular complexity index is 442. The number of hydrogen-bond acceptors (Lipinski definition) is 2. The summed E-state index contributed by atoms with van der Waals surface area (Å²) in [5, 5.41) is 0. The SMILES string of the molecule is CCC(=O)c1cc(C(F)F)ccc1SC(F)(F)F. The van der Waals surface area contributed by atoms with Gasteiger partial charge < -0.3 is 0 Å². The smallest absolute Gasteiger partial charge is 0.294 e. The quantitative estimate of drug-likeness (QED) is 0.447. The zero-order chi connectivity index (χ0) is 13.9. The van der Waals surface area contributed by atoms with E-state index in [9.17, 15) is 26.7 Å². The Labute approximate surface area is 104 Å². The average molecular weight is 284 g/mol. The molecular formula is C11H9F5OS. The van der Waals surface area contributed by atoms with E-state index in [1.165, 1.54) is 6.92 Å². The maximum Gasteiger partial charge on any atom is 0.446 e. The van der Waals surface area contributed by atoms with Crippen LogP contribution in [0.15, 0.2) is 23.1 Å². The summed E-state index contributed by atoms with van der Waals surface area (Å²) >= 11 is -0.474. The van der Waals surface area contributed by atoms with Crippen LogP contribution in [0.25, 0.3) is 0 Å². The number of halogens is 5. The molecule has 1 rings (SSSR count). The van der Waals surface area contributed by atoms with E-state index in [2.05, 4.69) is 0 Å². The van der Waals surface area contributed by atoms with Gasteiger partial charge in [0.1, 0.15) is 0 Å². The summed E-state index contributed by atoms with van der Waals surface area (Å²) in [5.74, 6) is -0.593. The fraction of sp³-hybridized carbons (Fsp3) is 0.364. The highest BCUT2D eigenvalue weighted by atomic mass is 32.2. The summed E-state index contributed by atoms with van der Waals surface area (Å²) in [7, 11) is 0. The van der Waals surface area contributed by atoms with Crippen molar-refractivity contribution in [1.29, 1.82) is 0 Å². The third kappa shape index (κ3) is 3.97. The standard InChI is InChI=1S/C11H9F5OS/c1-2-8(17)7-5-6(10(12)13)3-4-9(7)18-11(14,15)16/h3-5,10H,2H2,1H3. The van der Waals surface area contributed by atoms with Gasteiger partial charge in [-0.05, 0) is 23.9 Å². The summed E-state index contributed by atoms with van der Waals surface area (Å²) in [5.41, 5.74) is -5.33. The zero-order valence-corrected chi connectivity index (χ0v) is 10.0. The second kappa shape index (κ2) is 5.69. The molecule has 0 bridgehead atoms. The highest BCUT2D eigenvalue weighted by Crippen LogP contribution is 2.39. The second-order valence-electron chi connectivity index (χ2n) is 3.38. The molecule has 0 radical (unpaired) electrons. The lowest BCUT2D eigenvalue weighted by molar-refractivity contribution is -0.0328. The Morgan fingerprint density at radius 3 is 2.39 bits per heavy atom. The van der Waals surface area contributed by atoms with Crippen LogP contribution in [0, 0.1) is 0 Å². The first-order valence-electron chi connectivity index (χ1n) is 4.95. The molecule has 0 amide bonds. The van der Waals surface area contributed by atoms with Crippen LogP contribution in [0.1, 0.15) is 35.7 Å². The predicted molar refractivity (Wildman–Crippen MR) is 57.9 cm³/mol. The summed E-state index contributed by atoms with van der Waals surface area (Å²) in [6.45, 7) is 1.46. The van der Waals surface area contributed by atoms with Crippen LogP contribution in [0.5, 0.6) is 0 Å². The molecule has 1 nitrogen and oxygen atoms in total. The lowest BCUT2D eigenvalue weighted by Gasteiger charge is -2.11. The van der Waals surface area contributed by atoms with Crippen molar-refractivity contribution in [2.24, 2.45) is 0 Å². The largest absolute Gasteiger partial charge is 0.446 e. The van der Waals surface area contributed by atoms with E-state index < -0.39 is 35.0 Å². The first kappa shape index (κ1) is 14.9. The number of Topliss-reactive ketones (excluding diaryl/α,β-unsaturated/α-hetero) is 1. The van der Waals surface area contributed by atoms with Crippen molar-refractivity contribution in [3.05, 3.63) is 29.3 Å². The monoisotopic (exact) mass is 284 g/mol. The van der Waals surface area contributed by atoms with Crippen molar-refractivity contribution in [3.8, 4) is 0 Å². The molecule has 0 aromatic heterocycles. The maximum absolute atomic E-state index is 12.4. The van der Waals surface area contributed by atoms with Gasteiger partial charge in [-0.15, -0.1) is 0 Å². The van der Waals surface area contributed by atoms with E-state index in [1.54, 1.807) is 0 Å². The van der Waals surface area contributed by atoms with Crippen LogP contribution < -0.4 is 0 Å². The van der Waals surface area contributed by atoms with Gasteiger partial charge in [0.2, 0.25) is 0 Å². The number of hydrogen-bond donors (Lipinski definition) is 0. The molecule has 1 aromatic rings. The Morgan fingerprint density at radius 1 is 1.33 bits per heavy atom. The maximum atomic E-state index is 12.4. The highest BCUT2D eigenvalue weighted by Gasteiger charge is 2.31. The molecule has 0 N–H and O–H groups in total. The summed E-state index contributed by atoms with van der Waals surface area (Å²) in [6.07, 6.45) is -2.86. The Balaban J connectivity index is 3.21. The molecule has 0 heterocycles. The van der Waals surface area contributed by atoms with E-state index in [-0.39, 0.29) is 16.9 Å². The van der Waals surface area contributed by atoms with E-state index in [4.69, 9.17) is 0 Å². The molecule has 0 aliphatic carbocycles. The fourth-order valence-corrected chi connectivity index (χ4v) is 1.97. The lowest BCUT2D eigenvalue weighted by Crippen LogP contribution is -2.05. The summed E-state index contributed by atoms with van der Waals surface area (Å²) < 4.78 is 61.6. The van der Waals surface area contributed by atoms with E-state index in [0.29, 0.717) is 0 Å². The molecule has 0 unspecified atom stereocenters. The van der Waals surface area contributed by atoms with Crippen LogP contribution in [0.2, 0.25) is 0 Å². The van der Waals surface area contributed by atoms with Gasteiger partial charge in [0, 0.05) is 22.4 Å². The van der Waals surface area contributed by atoms with Gasteiger partial charge >= 0.3 is 5.51 Å². The average Bonchev–Trinajstić information content (AvgIpc) is 2.26. The lowest BCUT2D eigenvalue weighted by atomic mass is 10.1. The normalized spacial score (nSPS) is 11.9. The van der Waals surface area contributed by atoms with Gasteiger partial charge in [-0.2, -0.15) is 13.2 Å². The molecule has 7 heteroatoms. The van der Waals surface area contributed by atoms with E-state index >= 15 is 0 Å². The van der Waals surface area contributed by atoms with Crippen LogP contribution in [0.4, 0.5) is 22.0 Å². The molecular weight excluding hydrogens is 275 g/mol. The highest BCUT2D eigenvalue weighted by molar-refractivity contribution is 8.00. The van der Waals surface area contributed by atoms with Gasteiger partial charge in [-0.1, -0.05) is 13.0 Å². The molecule has 0 aliphatic heterocycles. The molecule has 1 aromatic carbocycles. The zero-order valence-electron chi connectivity index (χ0n) is 9.22. The van der Waals surface area contributed by atoms with Crippen molar-refractivity contribution in [1.82, 2.24) is 0 Å². The minimum atomic E-state index is -4.56. The molecule has 0 spiro atoms. The second-order valence-corrected chi connectivity index (χ2v) is 4.49. The molecule has 0 saturated carbocycles. The van der Waals surface area contributed by atoms with Gasteiger partial charge in [0.15, 0.2) is 5.78 Å². The van der Waals surface area contributed by atoms with Gasteiger partial charge in [0.25, 0.3) is 6.43 Å². The molecule has 0 saturated heterocycles. The van der Waals surface area contributed by atoms with Crippen LogP contribution in [-0.4, -0.2) is 11.3 Å². The van der Waals surface area contributed by atoms with Gasteiger partial charge in [-0.25, -0.2) is 8.78 Å². The minimum absolute atomic E-state index is 0.0435. The minimum Gasteiger partial charge on any atom is -0.294 e. The first-order valence-corrected chi connectivity index (χ1v) is 5.77. The number of rotatable bonds is 4.